The standard InChI is InChI=1S/C23H28ClNO5/c1-5-29-21(27)20(26)19(25-22(28)30-23(2,3)4)13-15-9-11-16(12-10-15)17-7-6-8-18(24)14-17/h6-12,14,19-20,26H,5,13H2,1-4H3,(H,25,28)/t19-,20?/m1/s1. The molecule has 1 amide bonds. The fourth-order valence-electron chi connectivity index (χ4n) is 2.85. The molecular weight excluding hydrogens is 406 g/mol. The molecule has 2 N–H and O–H groups in total. The van der Waals surface area contributed by atoms with E-state index in [1.807, 2.05) is 48.5 Å². The van der Waals surface area contributed by atoms with Gasteiger partial charge >= 0.3 is 12.1 Å². The summed E-state index contributed by atoms with van der Waals surface area (Å²) in [6, 6.07) is 14.2. The van der Waals surface area contributed by atoms with Crippen LogP contribution in [0.1, 0.15) is 33.3 Å². The van der Waals surface area contributed by atoms with Gasteiger partial charge in [0.15, 0.2) is 6.10 Å². The Morgan fingerprint density at radius 3 is 2.33 bits per heavy atom. The van der Waals surface area contributed by atoms with Crippen molar-refractivity contribution in [2.45, 2.75) is 51.9 Å². The Bertz CT molecular complexity index is 861. The molecule has 0 aliphatic rings. The van der Waals surface area contributed by atoms with Crippen molar-refractivity contribution in [3.8, 4) is 11.1 Å². The number of aliphatic hydroxyl groups excluding tert-OH is 1. The van der Waals surface area contributed by atoms with E-state index in [1.54, 1.807) is 27.7 Å². The molecule has 30 heavy (non-hydrogen) atoms. The van der Waals surface area contributed by atoms with Crippen LogP contribution in [-0.4, -0.2) is 41.5 Å². The third-order valence-electron chi connectivity index (χ3n) is 4.18. The topological polar surface area (TPSA) is 84.9 Å². The molecule has 162 valence electrons. The summed E-state index contributed by atoms with van der Waals surface area (Å²) in [5.74, 6) is -0.797. The SMILES string of the molecule is CCOC(=O)C(O)[C@@H](Cc1ccc(-c2cccc(Cl)c2)cc1)NC(=O)OC(C)(C)C. The first kappa shape index (κ1) is 23.7. The summed E-state index contributed by atoms with van der Waals surface area (Å²) in [4.78, 5) is 24.2. The van der Waals surface area contributed by atoms with Crippen molar-refractivity contribution in [3.63, 3.8) is 0 Å². The molecule has 0 aliphatic heterocycles. The third kappa shape index (κ3) is 7.35. The van der Waals surface area contributed by atoms with Crippen LogP contribution in [0.5, 0.6) is 0 Å². The average Bonchev–Trinajstić information content (AvgIpc) is 2.66. The molecule has 0 saturated carbocycles. The van der Waals surface area contributed by atoms with Crippen molar-refractivity contribution in [2.75, 3.05) is 6.61 Å². The first-order valence-electron chi connectivity index (χ1n) is 9.78. The summed E-state index contributed by atoms with van der Waals surface area (Å²) in [6.45, 7) is 6.98. The number of carbonyl (C=O) groups is 2. The Hall–Kier alpha value is -2.57. The molecule has 6 nitrogen and oxygen atoms in total. The van der Waals surface area contributed by atoms with Crippen LogP contribution in [0.3, 0.4) is 0 Å². The molecule has 0 aromatic heterocycles. The van der Waals surface area contributed by atoms with Crippen LogP contribution in [-0.2, 0) is 20.7 Å². The zero-order valence-corrected chi connectivity index (χ0v) is 18.4. The van der Waals surface area contributed by atoms with Gasteiger partial charge in [-0.25, -0.2) is 9.59 Å². The molecule has 0 fully saturated rings. The lowest BCUT2D eigenvalue weighted by Crippen LogP contribution is -2.50. The Kier molecular flexibility index (Phi) is 8.26. The smallest absolute Gasteiger partial charge is 0.407 e. The molecule has 2 aromatic carbocycles. The van der Waals surface area contributed by atoms with E-state index in [4.69, 9.17) is 21.1 Å². The maximum absolute atomic E-state index is 12.2. The monoisotopic (exact) mass is 433 g/mol. The number of ether oxygens (including phenoxy) is 2. The van der Waals surface area contributed by atoms with Crippen molar-refractivity contribution in [1.29, 1.82) is 0 Å². The van der Waals surface area contributed by atoms with Crippen molar-refractivity contribution in [2.24, 2.45) is 0 Å². The lowest BCUT2D eigenvalue weighted by Gasteiger charge is -2.26. The van der Waals surface area contributed by atoms with E-state index in [1.165, 1.54) is 0 Å². The Morgan fingerprint density at radius 1 is 1.10 bits per heavy atom. The largest absolute Gasteiger partial charge is 0.464 e. The minimum atomic E-state index is -1.52. The van der Waals surface area contributed by atoms with Crippen LogP contribution in [0.15, 0.2) is 48.5 Å². The second kappa shape index (κ2) is 10.5. The Balaban J connectivity index is 2.17. The van der Waals surface area contributed by atoms with Crippen LogP contribution in [0, 0.1) is 0 Å². The maximum Gasteiger partial charge on any atom is 0.407 e. The predicted octanol–water partition coefficient (Wildman–Crippen LogP) is 4.37. The molecular formula is C23H28ClNO5. The van der Waals surface area contributed by atoms with E-state index in [0.717, 1.165) is 16.7 Å². The number of hydrogen-bond donors (Lipinski definition) is 2. The second-order valence-corrected chi connectivity index (χ2v) is 8.30. The van der Waals surface area contributed by atoms with Gasteiger partial charge in [-0.15, -0.1) is 0 Å². The molecule has 0 spiro atoms. The zero-order chi connectivity index (χ0) is 22.3. The number of hydrogen-bond acceptors (Lipinski definition) is 5. The lowest BCUT2D eigenvalue weighted by atomic mass is 9.98. The Labute approximate surface area is 182 Å². The highest BCUT2D eigenvalue weighted by molar-refractivity contribution is 6.30. The zero-order valence-electron chi connectivity index (χ0n) is 17.6. The number of nitrogens with one attached hydrogen (secondary N) is 1. The molecule has 0 radical (unpaired) electrons. The quantitative estimate of drug-likeness (QED) is 0.633. The van der Waals surface area contributed by atoms with Gasteiger partial charge in [0.25, 0.3) is 0 Å². The van der Waals surface area contributed by atoms with E-state index >= 15 is 0 Å². The van der Waals surface area contributed by atoms with Gasteiger partial charge in [0.1, 0.15) is 5.60 Å². The molecule has 0 bridgehead atoms. The van der Waals surface area contributed by atoms with Crippen LogP contribution in [0.25, 0.3) is 11.1 Å². The third-order valence-corrected chi connectivity index (χ3v) is 4.41. The first-order valence-corrected chi connectivity index (χ1v) is 10.2. The summed E-state index contributed by atoms with van der Waals surface area (Å²) in [5, 5.41) is 13.7. The summed E-state index contributed by atoms with van der Waals surface area (Å²) >= 11 is 6.06. The molecule has 2 aromatic rings. The van der Waals surface area contributed by atoms with Gasteiger partial charge in [0.05, 0.1) is 12.6 Å². The van der Waals surface area contributed by atoms with Gasteiger partial charge in [0, 0.05) is 5.02 Å². The van der Waals surface area contributed by atoms with Crippen LogP contribution in [0.4, 0.5) is 4.79 Å². The molecule has 7 heteroatoms. The number of amides is 1. The summed E-state index contributed by atoms with van der Waals surface area (Å²) in [6.07, 6.45) is -2.02. The summed E-state index contributed by atoms with van der Waals surface area (Å²) in [7, 11) is 0. The first-order chi connectivity index (χ1) is 14.1. The maximum atomic E-state index is 12.2. The van der Waals surface area contributed by atoms with Crippen LogP contribution in [0.2, 0.25) is 5.02 Å². The molecule has 2 atom stereocenters. The van der Waals surface area contributed by atoms with Gasteiger partial charge in [-0.3, -0.25) is 0 Å². The van der Waals surface area contributed by atoms with E-state index in [-0.39, 0.29) is 13.0 Å². The number of alkyl carbamates (subject to hydrolysis) is 1. The minimum Gasteiger partial charge on any atom is -0.464 e. The van der Waals surface area contributed by atoms with E-state index in [0.29, 0.717) is 5.02 Å². The number of halogens is 1. The van der Waals surface area contributed by atoms with Gasteiger partial charge in [-0.05, 0) is 62.9 Å². The highest BCUT2D eigenvalue weighted by Crippen LogP contribution is 2.23. The van der Waals surface area contributed by atoms with Crippen LogP contribution < -0.4 is 5.32 Å². The van der Waals surface area contributed by atoms with E-state index in [9.17, 15) is 14.7 Å². The molecule has 1 unspecified atom stereocenters. The van der Waals surface area contributed by atoms with Crippen molar-refractivity contribution in [1.82, 2.24) is 5.32 Å². The van der Waals surface area contributed by atoms with Gasteiger partial charge < -0.3 is 19.9 Å². The normalized spacial score (nSPS) is 13.3. The van der Waals surface area contributed by atoms with Crippen molar-refractivity contribution >= 4 is 23.7 Å². The van der Waals surface area contributed by atoms with Crippen LogP contribution >= 0.6 is 11.6 Å². The van der Waals surface area contributed by atoms with Crippen molar-refractivity contribution < 1.29 is 24.2 Å². The molecule has 0 saturated heterocycles. The number of aliphatic hydroxyl groups is 1. The fraction of sp³-hybridized carbons (Fsp3) is 0.391. The highest BCUT2D eigenvalue weighted by atomic mass is 35.5. The number of carbonyl (C=O) groups excluding carboxylic acids is 2. The molecule has 0 heterocycles. The number of esters is 1. The van der Waals surface area contributed by atoms with Crippen molar-refractivity contribution in [3.05, 3.63) is 59.1 Å². The lowest BCUT2D eigenvalue weighted by molar-refractivity contribution is -0.154. The Morgan fingerprint density at radius 2 is 1.77 bits per heavy atom. The molecule has 2 rings (SSSR count). The fourth-order valence-corrected chi connectivity index (χ4v) is 3.04. The predicted molar refractivity (Wildman–Crippen MR) is 116 cm³/mol. The summed E-state index contributed by atoms with van der Waals surface area (Å²) in [5.41, 5.74) is 2.07. The summed E-state index contributed by atoms with van der Waals surface area (Å²) < 4.78 is 10.2. The van der Waals surface area contributed by atoms with Gasteiger partial charge in [-0.2, -0.15) is 0 Å². The van der Waals surface area contributed by atoms with E-state index < -0.39 is 29.8 Å². The molecule has 0 aliphatic carbocycles. The average molecular weight is 434 g/mol. The minimum absolute atomic E-state index is 0.128. The van der Waals surface area contributed by atoms with Gasteiger partial charge in [0.2, 0.25) is 0 Å². The number of rotatable bonds is 7. The highest BCUT2D eigenvalue weighted by Gasteiger charge is 2.30. The van der Waals surface area contributed by atoms with Gasteiger partial charge in [-0.1, -0.05) is 48.0 Å². The number of benzene rings is 2. The van der Waals surface area contributed by atoms with E-state index in [2.05, 4.69) is 5.32 Å². The second-order valence-electron chi connectivity index (χ2n) is 7.86.